The largest absolute Gasteiger partial charge is 0.294 e. The number of amides is 2. The fourth-order valence-corrected chi connectivity index (χ4v) is 2.84. The summed E-state index contributed by atoms with van der Waals surface area (Å²) in [6, 6.07) is 7.04. The van der Waals surface area contributed by atoms with E-state index >= 15 is 0 Å². The SMILES string of the molecule is O=C1SC(Br)C(=O)N1c1ccc(Br)cc1. The van der Waals surface area contributed by atoms with Gasteiger partial charge in [-0.3, -0.25) is 9.59 Å². The van der Waals surface area contributed by atoms with Crippen LogP contribution in [-0.4, -0.2) is 15.3 Å². The first-order chi connectivity index (χ1) is 7.09. The number of anilines is 1. The molecule has 0 aliphatic carbocycles. The van der Waals surface area contributed by atoms with Crippen molar-refractivity contribution in [2.75, 3.05) is 4.90 Å². The van der Waals surface area contributed by atoms with Crippen molar-refractivity contribution in [1.29, 1.82) is 0 Å². The summed E-state index contributed by atoms with van der Waals surface area (Å²) in [5.74, 6) is -0.229. The van der Waals surface area contributed by atoms with Crippen LogP contribution >= 0.6 is 43.6 Å². The minimum atomic E-state index is -0.464. The van der Waals surface area contributed by atoms with Gasteiger partial charge in [0.25, 0.3) is 11.1 Å². The van der Waals surface area contributed by atoms with Crippen molar-refractivity contribution < 1.29 is 9.59 Å². The number of alkyl halides is 1. The van der Waals surface area contributed by atoms with Crippen LogP contribution in [0.3, 0.4) is 0 Å². The summed E-state index contributed by atoms with van der Waals surface area (Å²) >= 11 is 7.41. The lowest BCUT2D eigenvalue weighted by Gasteiger charge is -2.12. The van der Waals surface area contributed by atoms with E-state index in [1.165, 1.54) is 4.90 Å². The number of thioether (sulfide) groups is 1. The van der Waals surface area contributed by atoms with Crippen LogP contribution in [0.5, 0.6) is 0 Å². The predicted molar refractivity (Wildman–Crippen MR) is 67.3 cm³/mol. The summed E-state index contributed by atoms with van der Waals surface area (Å²) in [6.07, 6.45) is 0. The van der Waals surface area contributed by atoms with E-state index in [0.29, 0.717) is 5.69 Å². The van der Waals surface area contributed by atoms with Crippen LogP contribution in [-0.2, 0) is 4.79 Å². The van der Waals surface area contributed by atoms with Gasteiger partial charge in [-0.2, -0.15) is 0 Å². The Morgan fingerprint density at radius 1 is 1.20 bits per heavy atom. The van der Waals surface area contributed by atoms with Crippen LogP contribution in [0, 0.1) is 0 Å². The molecule has 0 radical (unpaired) electrons. The molecule has 0 spiro atoms. The second kappa shape index (κ2) is 4.27. The van der Waals surface area contributed by atoms with Crippen molar-refractivity contribution in [3.63, 3.8) is 0 Å². The van der Waals surface area contributed by atoms with Crippen LogP contribution in [0.15, 0.2) is 28.7 Å². The molecule has 3 nitrogen and oxygen atoms in total. The van der Waals surface area contributed by atoms with Crippen LogP contribution in [0.1, 0.15) is 0 Å². The van der Waals surface area contributed by atoms with Gasteiger partial charge in [0.2, 0.25) is 0 Å². The van der Waals surface area contributed by atoms with E-state index in [4.69, 9.17) is 0 Å². The Bertz CT molecular complexity index is 421. The fourth-order valence-electron chi connectivity index (χ4n) is 1.21. The van der Waals surface area contributed by atoms with Gasteiger partial charge in [-0.15, -0.1) is 0 Å². The molecule has 15 heavy (non-hydrogen) atoms. The quantitative estimate of drug-likeness (QED) is 0.729. The van der Waals surface area contributed by atoms with Crippen LogP contribution in [0.25, 0.3) is 0 Å². The molecule has 0 saturated carbocycles. The topological polar surface area (TPSA) is 37.4 Å². The van der Waals surface area contributed by atoms with Crippen LogP contribution < -0.4 is 4.90 Å². The third-order valence-corrected chi connectivity index (χ3v) is 4.16. The number of rotatable bonds is 1. The zero-order valence-electron chi connectivity index (χ0n) is 7.31. The first-order valence-corrected chi connectivity index (χ1v) is 6.62. The minimum Gasteiger partial charge on any atom is -0.272 e. The first kappa shape index (κ1) is 11.2. The molecule has 0 bridgehead atoms. The highest BCUT2D eigenvalue weighted by molar-refractivity contribution is 9.12. The summed E-state index contributed by atoms with van der Waals surface area (Å²) in [5, 5.41) is -0.246. The van der Waals surface area contributed by atoms with Crippen molar-refractivity contribution in [3.05, 3.63) is 28.7 Å². The van der Waals surface area contributed by atoms with Gasteiger partial charge >= 0.3 is 0 Å². The third-order valence-electron chi connectivity index (χ3n) is 1.89. The predicted octanol–water partition coefficient (Wildman–Crippen LogP) is 3.37. The standard InChI is InChI=1S/C9H5Br2NO2S/c10-5-1-3-6(4-2-5)12-8(13)7(11)15-9(12)14/h1-4,7H. The molecule has 2 amide bonds. The number of halogens is 2. The van der Waals surface area contributed by atoms with Gasteiger partial charge in [0.1, 0.15) is 4.16 Å². The number of imide groups is 1. The lowest BCUT2D eigenvalue weighted by Crippen LogP contribution is -2.29. The van der Waals surface area contributed by atoms with Gasteiger partial charge in [0.05, 0.1) is 5.69 Å². The zero-order chi connectivity index (χ0) is 11.0. The Hall–Kier alpha value is -0.330. The molecule has 1 unspecified atom stereocenters. The van der Waals surface area contributed by atoms with Crippen molar-refractivity contribution in [2.24, 2.45) is 0 Å². The minimum absolute atomic E-state index is 0.229. The molecule has 1 aliphatic rings. The Morgan fingerprint density at radius 3 is 2.27 bits per heavy atom. The lowest BCUT2D eigenvalue weighted by molar-refractivity contribution is -0.115. The number of benzene rings is 1. The van der Waals surface area contributed by atoms with Crippen molar-refractivity contribution >= 4 is 60.5 Å². The molecule has 0 N–H and O–H groups in total. The van der Waals surface area contributed by atoms with E-state index in [-0.39, 0.29) is 11.1 Å². The number of carbonyl (C=O) groups is 2. The fraction of sp³-hybridized carbons (Fsp3) is 0.111. The van der Waals surface area contributed by atoms with Crippen molar-refractivity contribution in [1.82, 2.24) is 0 Å². The maximum Gasteiger partial charge on any atom is 0.294 e. The van der Waals surface area contributed by atoms with Gasteiger partial charge in [0, 0.05) is 4.47 Å². The molecule has 1 saturated heterocycles. The normalized spacial score (nSPS) is 21.2. The Kier molecular flexibility index (Phi) is 3.18. The average molecular weight is 351 g/mol. The number of carbonyl (C=O) groups excluding carboxylic acids is 2. The van der Waals surface area contributed by atoms with E-state index in [9.17, 15) is 9.59 Å². The summed E-state index contributed by atoms with van der Waals surface area (Å²) < 4.78 is 0.446. The van der Waals surface area contributed by atoms with E-state index < -0.39 is 4.16 Å². The van der Waals surface area contributed by atoms with E-state index in [2.05, 4.69) is 31.9 Å². The molecule has 1 aromatic rings. The molecular formula is C9H5Br2NO2S. The van der Waals surface area contributed by atoms with Crippen molar-refractivity contribution in [3.8, 4) is 0 Å². The van der Waals surface area contributed by atoms with Crippen LogP contribution in [0.2, 0.25) is 0 Å². The molecule has 78 valence electrons. The number of hydrogen-bond acceptors (Lipinski definition) is 3. The second-order valence-corrected chi connectivity index (χ2v) is 6.34. The first-order valence-electron chi connectivity index (χ1n) is 4.04. The third kappa shape index (κ3) is 2.11. The Labute approximate surface area is 107 Å². The lowest BCUT2D eigenvalue weighted by atomic mass is 10.3. The van der Waals surface area contributed by atoms with E-state index in [1.807, 2.05) is 0 Å². The van der Waals surface area contributed by atoms with Gasteiger partial charge in [-0.25, -0.2) is 4.90 Å². The smallest absolute Gasteiger partial charge is 0.272 e. The molecule has 1 heterocycles. The molecule has 1 atom stereocenters. The van der Waals surface area contributed by atoms with E-state index in [0.717, 1.165) is 16.2 Å². The highest BCUT2D eigenvalue weighted by atomic mass is 79.9. The molecule has 2 rings (SSSR count). The molecular weight excluding hydrogens is 346 g/mol. The summed E-state index contributed by atoms with van der Waals surface area (Å²) in [6.45, 7) is 0. The molecule has 1 aliphatic heterocycles. The molecule has 1 aromatic carbocycles. The summed E-state index contributed by atoms with van der Waals surface area (Å²) in [7, 11) is 0. The Balaban J connectivity index is 2.35. The Morgan fingerprint density at radius 2 is 1.80 bits per heavy atom. The molecule has 6 heteroatoms. The summed E-state index contributed by atoms with van der Waals surface area (Å²) in [4.78, 5) is 24.3. The van der Waals surface area contributed by atoms with Gasteiger partial charge in [-0.1, -0.05) is 31.9 Å². The summed E-state index contributed by atoms with van der Waals surface area (Å²) in [5.41, 5.74) is 0.600. The van der Waals surface area contributed by atoms with Gasteiger partial charge < -0.3 is 0 Å². The molecule has 0 aromatic heterocycles. The zero-order valence-corrected chi connectivity index (χ0v) is 11.3. The van der Waals surface area contributed by atoms with Crippen molar-refractivity contribution in [2.45, 2.75) is 4.16 Å². The average Bonchev–Trinajstić information content (AvgIpc) is 2.44. The maximum atomic E-state index is 11.6. The molecule has 1 fully saturated rings. The second-order valence-electron chi connectivity index (χ2n) is 2.85. The number of hydrogen-bond donors (Lipinski definition) is 0. The van der Waals surface area contributed by atoms with Crippen LogP contribution in [0.4, 0.5) is 10.5 Å². The van der Waals surface area contributed by atoms with Gasteiger partial charge in [-0.05, 0) is 36.0 Å². The number of nitrogens with zero attached hydrogens (tertiary/aromatic N) is 1. The maximum absolute atomic E-state index is 11.6. The van der Waals surface area contributed by atoms with Gasteiger partial charge in [0.15, 0.2) is 0 Å². The highest BCUT2D eigenvalue weighted by Crippen LogP contribution is 2.34. The highest BCUT2D eigenvalue weighted by Gasteiger charge is 2.38. The monoisotopic (exact) mass is 349 g/mol. The van der Waals surface area contributed by atoms with E-state index in [1.54, 1.807) is 24.3 Å².